The van der Waals surface area contributed by atoms with Crippen molar-refractivity contribution in [1.29, 1.82) is 0 Å². The molecule has 0 radical (unpaired) electrons. The maximum absolute atomic E-state index is 15.3. The Morgan fingerprint density at radius 1 is 1.02 bits per heavy atom. The Balaban J connectivity index is 1.22. The van der Waals surface area contributed by atoms with E-state index in [1.54, 1.807) is 0 Å². The van der Waals surface area contributed by atoms with E-state index in [9.17, 15) is 30.8 Å². The number of carbonyl (C=O) groups is 1. The molecule has 2 saturated heterocycles. The van der Waals surface area contributed by atoms with Gasteiger partial charge in [0.25, 0.3) is 10.2 Å². The number of carbonyl (C=O) groups excluding carboxylic acids is 1. The number of nitrogens with one attached hydrogen (secondary N) is 2. The molecule has 2 aromatic carbocycles. The van der Waals surface area contributed by atoms with Gasteiger partial charge in [0.1, 0.15) is 29.4 Å². The van der Waals surface area contributed by atoms with Gasteiger partial charge in [-0.3, -0.25) is 9.78 Å². The summed E-state index contributed by atoms with van der Waals surface area (Å²) in [6.45, 7) is 1.02. The van der Waals surface area contributed by atoms with E-state index in [4.69, 9.17) is 0 Å². The van der Waals surface area contributed by atoms with Crippen LogP contribution in [0.1, 0.15) is 48.3 Å². The Bertz CT molecular complexity index is 1690. The van der Waals surface area contributed by atoms with Crippen LogP contribution in [0.5, 0.6) is 0 Å². The van der Waals surface area contributed by atoms with Gasteiger partial charge in [-0.25, -0.2) is 22.0 Å². The summed E-state index contributed by atoms with van der Waals surface area (Å²) in [5.74, 6) is -4.63. The maximum atomic E-state index is 15.3. The molecule has 4 atom stereocenters. The van der Waals surface area contributed by atoms with Gasteiger partial charge in [0, 0.05) is 56.7 Å². The van der Waals surface area contributed by atoms with Crippen molar-refractivity contribution in [3.05, 3.63) is 94.8 Å². The highest BCUT2D eigenvalue weighted by Crippen LogP contribution is 2.53. The predicted octanol–water partition coefficient (Wildman–Crippen LogP) is 4.68. The number of halogens is 5. The number of nitrogens with zero attached hydrogens (tertiary/aromatic N) is 3. The number of amides is 1. The largest absolute Gasteiger partial charge is 0.324 e. The van der Waals surface area contributed by atoms with Gasteiger partial charge in [0.05, 0.1) is 23.6 Å². The summed E-state index contributed by atoms with van der Waals surface area (Å²) in [5.41, 5.74) is 0.00964. The summed E-state index contributed by atoms with van der Waals surface area (Å²) in [4.78, 5) is 17.3. The van der Waals surface area contributed by atoms with Crippen LogP contribution < -0.4 is 10.6 Å². The molecule has 1 aromatic heterocycles. The molecule has 1 aliphatic carbocycles. The second-order valence-electron chi connectivity index (χ2n) is 12.3. The number of aromatic nitrogens is 1. The van der Waals surface area contributed by atoms with Crippen molar-refractivity contribution in [2.75, 3.05) is 38.0 Å². The van der Waals surface area contributed by atoms with Crippen molar-refractivity contribution in [3.8, 4) is 0 Å². The molecule has 2 aliphatic heterocycles. The molecule has 6 rings (SSSR count). The molecule has 2 N–H and O–H groups in total. The molecule has 1 saturated carbocycles. The standard InChI is InChI=1S/C32H34F5N5O3S/c33-23-5-3-20(4-6-23)27(21-10-25(35)13-26(36)11-21)14-31(43)40-30-17-39-16-29(37)28(30)12-22-15-32(22)19-38-7-9-42(32)46(44,45)41-8-1-2-24(34)18-41/h3-6,10-11,13,16-17,22,24,27,38H,1-2,7-9,12,14-15,18-19H2,(H,40,43)/t22-,24?,27+,32+/m1/s1. The molecule has 1 unspecified atom stereocenters. The minimum Gasteiger partial charge on any atom is -0.324 e. The van der Waals surface area contributed by atoms with Crippen LogP contribution in [0.15, 0.2) is 54.9 Å². The number of anilines is 1. The molecular weight excluding hydrogens is 629 g/mol. The second kappa shape index (κ2) is 13.0. The summed E-state index contributed by atoms with van der Waals surface area (Å²) >= 11 is 0. The average molecular weight is 664 g/mol. The highest BCUT2D eigenvalue weighted by Gasteiger charge is 2.63. The number of hydrogen-bond donors (Lipinski definition) is 2. The van der Waals surface area contributed by atoms with Crippen molar-refractivity contribution < 1.29 is 35.2 Å². The molecule has 3 fully saturated rings. The molecular formula is C32H34F5N5O3S. The van der Waals surface area contributed by atoms with E-state index in [0.717, 1.165) is 18.3 Å². The van der Waals surface area contributed by atoms with E-state index >= 15 is 4.39 Å². The average Bonchev–Trinajstić information content (AvgIpc) is 3.68. The number of hydrogen-bond acceptors (Lipinski definition) is 5. The predicted molar refractivity (Wildman–Crippen MR) is 161 cm³/mol. The van der Waals surface area contributed by atoms with E-state index in [2.05, 4.69) is 15.6 Å². The Morgan fingerprint density at radius 2 is 1.76 bits per heavy atom. The summed E-state index contributed by atoms with van der Waals surface area (Å²) < 4.78 is 101. The van der Waals surface area contributed by atoms with E-state index < -0.39 is 57.0 Å². The lowest BCUT2D eigenvalue weighted by atomic mass is 9.88. The third kappa shape index (κ3) is 6.66. The Kier molecular flexibility index (Phi) is 9.16. The van der Waals surface area contributed by atoms with Gasteiger partial charge in [-0.05, 0) is 67.0 Å². The lowest BCUT2D eigenvalue weighted by molar-refractivity contribution is -0.116. The molecule has 3 aromatic rings. The van der Waals surface area contributed by atoms with E-state index in [1.165, 1.54) is 39.1 Å². The summed E-state index contributed by atoms with van der Waals surface area (Å²) in [6, 6.07) is 8.12. The third-order valence-electron chi connectivity index (χ3n) is 9.23. The van der Waals surface area contributed by atoms with Crippen molar-refractivity contribution >= 4 is 21.8 Å². The zero-order chi connectivity index (χ0) is 32.6. The normalized spacial score (nSPS) is 24.5. The van der Waals surface area contributed by atoms with Crippen LogP contribution in [-0.4, -0.2) is 72.4 Å². The van der Waals surface area contributed by atoms with E-state index in [-0.39, 0.29) is 55.2 Å². The van der Waals surface area contributed by atoms with Crippen LogP contribution in [0.4, 0.5) is 27.6 Å². The first-order valence-electron chi connectivity index (χ1n) is 15.2. The second-order valence-corrected chi connectivity index (χ2v) is 14.1. The van der Waals surface area contributed by atoms with Crippen molar-refractivity contribution in [2.24, 2.45) is 5.92 Å². The molecule has 1 spiro atoms. The first-order valence-corrected chi connectivity index (χ1v) is 16.6. The Hall–Kier alpha value is -3.46. The molecule has 8 nitrogen and oxygen atoms in total. The fraction of sp³-hybridized carbons (Fsp3) is 0.438. The minimum atomic E-state index is -3.97. The van der Waals surface area contributed by atoms with Gasteiger partial charge in [-0.2, -0.15) is 17.0 Å². The van der Waals surface area contributed by atoms with Crippen molar-refractivity contribution in [2.45, 2.75) is 49.7 Å². The van der Waals surface area contributed by atoms with Gasteiger partial charge < -0.3 is 10.6 Å². The molecule has 246 valence electrons. The van der Waals surface area contributed by atoms with Crippen LogP contribution in [0.25, 0.3) is 0 Å². The van der Waals surface area contributed by atoms with Gasteiger partial charge in [0.15, 0.2) is 0 Å². The van der Waals surface area contributed by atoms with Crippen LogP contribution in [0.2, 0.25) is 0 Å². The molecule has 14 heteroatoms. The van der Waals surface area contributed by atoms with Crippen LogP contribution in [-0.2, 0) is 21.4 Å². The summed E-state index contributed by atoms with van der Waals surface area (Å²) in [6.07, 6.45) is 2.07. The van der Waals surface area contributed by atoms with Crippen molar-refractivity contribution in [1.82, 2.24) is 18.9 Å². The number of piperidine rings is 1. The molecule has 0 bridgehead atoms. The summed E-state index contributed by atoms with van der Waals surface area (Å²) in [5, 5.41) is 5.93. The number of rotatable bonds is 9. The Morgan fingerprint density at radius 3 is 2.48 bits per heavy atom. The first-order chi connectivity index (χ1) is 22.0. The smallest absolute Gasteiger partial charge is 0.282 e. The third-order valence-corrected chi connectivity index (χ3v) is 11.3. The van der Waals surface area contributed by atoms with Gasteiger partial charge in [-0.1, -0.05) is 12.1 Å². The van der Waals surface area contributed by atoms with E-state index in [1.807, 2.05) is 0 Å². The number of piperazine rings is 1. The van der Waals surface area contributed by atoms with E-state index in [0.29, 0.717) is 44.0 Å². The SMILES string of the molecule is O=C(C[C@@H](c1ccc(F)cc1)c1cc(F)cc(F)c1)Nc1cncc(F)c1C[C@@H]1C[C@]12CNCCN2S(=O)(=O)N1CCCC(F)C1. The van der Waals surface area contributed by atoms with Gasteiger partial charge >= 0.3 is 0 Å². The maximum Gasteiger partial charge on any atom is 0.282 e. The minimum absolute atomic E-state index is 0.0878. The molecule has 46 heavy (non-hydrogen) atoms. The lowest BCUT2D eigenvalue weighted by Gasteiger charge is -2.41. The van der Waals surface area contributed by atoms with Crippen LogP contribution in [0, 0.1) is 29.2 Å². The van der Waals surface area contributed by atoms with Crippen molar-refractivity contribution in [3.63, 3.8) is 0 Å². The zero-order valence-corrected chi connectivity index (χ0v) is 25.7. The molecule has 1 amide bonds. The number of benzene rings is 2. The topological polar surface area (TPSA) is 94.6 Å². The molecule has 3 aliphatic rings. The van der Waals surface area contributed by atoms with Crippen LogP contribution in [0.3, 0.4) is 0 Å². The van der Waals surface area contributed by atoms with Crippen LogP contribution >= 0.6 is 0 Å². The van der Waals surface area contributed by atoms with Gasteiger partial charge in [0.2, 0.25) is 5.91 Å². The molecule has 3 heterocycles. The fourth-order valence-electron chi connectivity index (χ4n) is 6.84. The number of pyridine rings is 1. The first kappa shape index (κ1) is 32.5. The highest BCUT2D eigenvalue weighted by molar-refractivity contribution is 7.86. The monoisotopic (exact) mass is 663 g/mol. The summed E-state index contributed by atoms with van der Waals surface area (Å²) in [7, 11) is -3.97. The highest BCUT2D eigenvalue weighted by atomic mass is 32.2. The lowest BCUT2D eigenvalue weighted by Crippen LogP contribution is -2.61. The quantitative estimate of drug-likeness (QED) is 0.325. The number of alkyl halides is 1. The van der Waals surface area contributed by atoms with Gasteiger partial charge in [-0.15, -0.1) is 0 Å². The zero-order valence-electron chi connectivity index (χ0n) is 24.9. The fourth-order valence-corrected chi connectivity index (χ4v) is 8.90. The Labute approximate surface area is 264 Å².